The summed E-state index contributed by atoms with van der Waals surface area (Å²) >= 11 is 0. The van der Waals surface area contributed by atoms with Crippen LogP contribution in [0.4, 0.5) is 5.69 Å². The molecule has 6 heteroatoms. The number of nitrogens with zero attached hydrogens (tertiary/aromatic N) is 1. The Morgan fingerprint density at radius 3 is 2.40 bits per heavy atom. The van der Waals surface area contributed by atoms with Crippen LogP contribution in [0.15, 0.2) is 12.1 Å². The molecule has 2 atom stereocenters. The van der Waals surface area contributed by atoms with Crippen LogP contribution in [0.2, 0.25) is 0 Å². The first kappa shape index (κ1) is 19.7. The Balaban J connectivity index is 0.00000225. The van der Waals surface area contributed by atoms with E-state index in [1.165, 1.54) is 5.56 Å². The van der Waals surface area contributed by atoms with Crippen molar-refractivity contribution in [3.8, 4) is 0 Å². The number of carbonyl (C=O) groups excluding carboxylic acids is 2. The van der Waals surface area contributed by atoms with Crippen molar-refractivity contribution in [1.29, 1.82) is 0 Å². The Hall–Kier alpha value is -1.59. The lowest BCUT2D eigenvalue weighted by atomic mass is 10.0. The van der Waals surface area contributed by atoms with E-state index in [0.29, 0.717) is 19.0 Å². The Labute approximate surface area is 155 Å². The molecular formula is C19H28ClN3O2. The number of carbonyl (C=O) groups is 2. The van der Waals surface area contributed by atoms with Gasteiger partial charge < -0.3 is 16.0 Å². The second-order valence-electron chi connectivity index (χ2n) is 7.34. The molecule has 1 saturated carbocycles. The van der Waals surface area contributed by atoms with Crippen LogP contribution >= 0.6 is 12.4 Å². The fourth-order valence-corrected chi connectivity index (χ4v) is 3.87. The highest BCUT2D eigenvalue weighted by atomic mass is 35.5. The van der Waals surface area contributed by atoms with Gasteiger partial charge in [0.15, 0.2) is 0 Å². The number of hydrogen-bond donors (Lipinski definition) is 2. The van der Waals surface area contributed by atoms with Crippen LogP contribution in [0.5, 0.6) is 0 Å². The van der Waals surface area contributed by atoms with Crippen molar-refractivity contribution in [2.45, 2.75) is 46.1 Å². The summed E-state index contributed by atoms with van der Waals surface area (Å²) in [5, 5.41) is 3.06. The first-order valence-electron chi connectivity index (χ1n) is 8.79. The number of aryl methyl sites for hydroxylation is 3. The van der Waals surface area contributed by atoms with Gasteiger partial charge in [-0.15, -0.1) is 12.4 Å². The van der Waals surface area contributed by atoms with Crippen LogP contribution in [0.3, 0.4) is 0 Å². The number of amides is 2. The smallest absolute Gasteiger partial charge is 0.227 e. The number of nitrogens with two attached hydrogens (primary N) is 1. The van der Waals surface area contributed by atoms with E-state index in [9.17, 15) is 9.59 Å². The zero-order valence-electron chi connectivity index (χ0n) is 15.2. The molecule has 1 aromatic rings. The molecule has 138 valence electrons. The van der Waals surface area contributed by atoms with Gasteiger partial charge in [-0.2, -0.15) is 0 Å². The van der Waals surface area contributed by atoms with Crippen molar-refractivity contribution < 1.29 is 9.59 Å². The van der Waals surface area contributed by atoms with Crippen LogP contribution in [-0.4, -0.2) is 30.9 Å². The topological polar surface area (TPSA) is 75.4 Å². The van der Waals surface area contributed by atoms with Gasteiger partial charge in [0.1, 0.15) is 0 Å². The molecule has 0 aromatic heterocycles. The minimum atomic E-state index is -0.287. The summed E-state index contributed by atoms with van der Waals surface area (Å²) in [6, 6.07) is 4.23. The van der Waals surface area contributed by atoms with Gasteiger partial charge in [0, 0.05) is 31.2 Å². The van der Waals surface area contributed by atoms with Crippen molar-refractivity contribution in [3.63, 3.8) is 0 Å². The van der Waals surface area contributed by atoms with Crippen molar-refractivity contribution in [3.05, 3.63) is 28.8 Å². The molecule has 1 aromatic carbocycles. The third kappa shape index (κ3) is 4.15. The third-order valence-corrected chi connectivity index (χ3v) is 5.17. The van der Waals surface area contributed by atoms with Crippen LogP contribution in [-0.2, 0) is 9.59 Å². The summed E-state index contributed by atoms with van der Waals surface area (Å²) in [6.45, 7) is 7.02. The van der Waals surface area contributed by atoms with Crippen molar-refractivity contribution in [2.75, 3.05) is 18.0 Å². The first-order valence-corrected chi connectivity index (χ1v) is 8.79. The molecule has 0 spiro atoms. The fourth-order valence-electron chi connectivity index (χ4n) is 3.87. The molecule has 3 N–H and O–H groups in total. The third-order valence-electron chi connectivity index (χ3n) is 5.17. The van der Waals surface area contributed by atoms with E-state index in [2.05, 4.69) is 24.4 Å². The van der Waals surface area contributed by atoms with E-state index in [1.807, 2.05) is 13.8 Å². The molecule has 1 aliphatic heterocycles. The van der Waals surface area contributed by atoms with E-state index in [-0.39, 0.29) is 42.6 Å². The lowest BCUT2D eigenvalue weighted by Crippen LogP contribution is -2.45. The molecule has 5 nitrogen and oxygen atoms in total. The summed E-state index contributed by atoms with van der Waals surface area (Å²) in [4.78, 5) is 26.8. The molecule has 2 unspecified atom stereocenters. The molecule has 1 heterocycles. The Morgan fingerprint density at radius 1 is 1.28 bits per heavy atom. The second kappa shape index (κ2) is 7.75. The number of hydrogen-bond acceptors (Lipinski definition) is 3. The Kier molecular flexibility index (Phi) is 6.12. The monoisotopic (exact) mass is 365 g/mol. The van der Waals surface area contributed by atoms with Crippen LogP contribution in [0.25, 0.3) is 0 Å². The van der Waals surface area contributed by atoms with Gasteiger partial charge in [-0.1, -0.05) is 17.7 Å². The lowest BCUT2D eigenvalue weighted by molar-refractivity contribution is -0.127. The SMILES string of the molecule is Cc1cc(C)c(N2CC(C(=O)NC(CN)C3CC3)CC2=O)c(C)c1.Cl. The number of anilines is 1. The number of nitrogens with one attached hydrogen (secondary N) is 1. The van der Waals surface area contributed by atoms with E-state index in [0.717, 1.165) is 29.7 Å². The summed E-state index contributed by atoms with van der Waals surface area (Å²) in [6.07, 6.45) is 2.56. The van der Waals surface area contributed by atoms with Gasteiger partial charge >= 0.3 is 0 Å². The molecule has 1 saturated heterocycles. The van der Waals surface area contributed by atoms with Crippen LogP contribution in [0, 0.1) is 32.6 Å². The van der Waals surface area contributed by atoms with Gasteiger partial charge in [-0.25, -0.2) is 0 Å². The van der Waals surface area contributed by atoms with Gasteiger partial charge in [-0.05, 0) is 50.7 Å². The zero-order chi connectivity index (χ0) is 17.4. The predicted octanol–water partition coefficient (Wildman–Crippen LogP) is 2.24. The molecule has 2 amide bonds. The molecular weight excluding hydrogens is 338 g/mol. The normalized spacial score (nSPS) is 21.0. The minimum absolute atomic E-state index is 0. The number of halogens is 1. The Morgan fingerprint density at radius 2 is 1.88 bits per heavy atom. The molecule has 2 fully saturated rings. The van der Waals surface area contributed by atoms with E-state index in [1.54, 1.807) is 4.90 Å². The molecule has 0 radical (unpaired) electrons. The van der Waals surface area contributed by atoms with Crippen molar-refractivity contribution in [2.24, 2.45) is 17.6 Å². The maximum absolute atomic E-state index is 12.5. The highest BCUT2D eigenvalue weighted by Gasteiger charge is 2.38. The highest BCUT2D eigenvalue weighted by Crippen LogP contribution is 2.34. The average molecular weight is 366 g/mol. The fraction of sp³-hybridized carbons (Fsp3) is 0.579. The van der Waals surface area contributed by atoms with Gasteiger partial charge in [-0.3, -0.25) is 9.59 Å². The molecule has 1 aliphatic carbocycles. The largest absolute Gasteiger partial charge is 0.352 e. The van der Waals surface area contributed by atoms with Gasteiger partial charge in [0.25, 0.3) is 0 Å². The maximum Gasteiger partial charge on any atom is 0.227 e. The molecule has 2 aliphatic rings. The number of benzene rings is 1. The summed E-state index contributed by atoms with van der Waals surface area (Å²) in [5.41, 5.74) is 10.1. The number of rotatable bonds is 5. The van der Waals surface area contributed by atoms with Crippen LogP contribution < -0.4 is 16.0 Å². The highest BCUT2D eigenvalue weighted by molar-refractivity contribution is 6.01. The molecule has 3 rings (SSSR count). The predicted molar refractivity (Wildman–Crippen MR) is 102 cm³/mol. The standard InChI is InChI=1S/C19H27N3O2.ClH/c1-11-6-12(2)18(13(3)7-11)22-10-15(8-17(22)23)19(24)21-16(9-20)14-4-5-14;/h6-7,14-16H,4-5,8-10,20H2,1-3H3,(H,21,24);1H. The zero-order valence-corrected chi connectivity index (χ0v) is 16.0. The quantitative estimate of drug-likeness (QED) is 0.840. The lowest BCUT2D eigenvalue weighted by Gasteiger charge is -2.23. The minimum Gasteiger partial charge on any atom is -0.352 e. The van der Waals surface area contributed by atoms with Gasteiger partial charge in [0.05, 0.1) is 5.92 Å². The van der Waals surface area contributed by atoms with Crippen molar-refractivity contribution >= 4 is 29.9 Å². The molecule has 0 bridgehead atoms. The average Bonchev–Trinajstić information content (AvgIpc) is 3.28. The second-order valence-corrected chi connectivity index (χ2v) is 7.34. The maximum atomic E-state index is 12.5. The molecule has 25 heavy (non-hydrogen) atoms. The van der Waals surface area contributed by atoms with E-state index < -0.39 is 0 Å². The van der Waals surface area contributed by atoms with Crippen LogP contribution in [0.1, 0.15) is 36.0 Å². The first-order chi connectivity index (χ1) is 11.4. The summed E-state index contributed by atoms with van der Waals surface area (Å²) in [7, 11) is 0. The Bertz CT molecular complexity index is 650. The van der Waals surface area contributed by atoms with E-state index in [4.69, 9.17) is 5.73 Å². The van der Waals surface area contributed by atoms with E-state index >= 15 is 0 Å². The van der Waals surface area contributed by atoms with Crippen molar-refractivity contribution in [1.82, 2.24) is 5.32 Å². The van der Waals surface area contributed by atoms with Gasteiger partial charge in [0.2, 0.25) is 11.8 Å². The summed E-state index contributed by atoms with van der Waals surface area (Å²) < 4.78 is 0. The summed E-state index contributed by atoms with van der Waals surface area (Å²) in [5.74, 6) is 0.232.